The van der Waals surface area contributed by atoms with Crippen molar-refractivity contribution in [3.63, 3.8) is 0 Å². The van der Waals surface area contributed by atoms with Crippen LogP contribution in [0, 0.1) is 0 Å². The lowest BCUT2D eigenvalue weighted by Crippen LogP contribution is -2.78. The van der Waals surface area contributed by atoms with Crippen molar-refractivity contribution in [1.29, 1.82) is 0 Å². The maximum absolute atomic E-state index is 10.6. The molecule has 0 aliphatic carbocycles. The second kappa shape index (κ2) is 31.8. The third kappa shape index (κ3) is 13.7. The number of hydrogen-bond acceptors (Lipinski definition) is 16. The van der Waals surface area contributed by atoms with E-state index in [9.17, 15) is 39.3 Å². The number of para-hydroxylation sites is 4. The van der Waals surface area contributed by atoms with Crippen molar-refractivity contribution in [1.82, 2.24) is 17.6 Å². The SMILES string of the molecule is CC(C)=O.CC(C)=O.CC(C)=O.CC(C)=O.OB1O[B@-]2(Oc3ccccc3-c3cn4ccccc4[n+]32)c2ccccc21.OB1O[B@-]2(Oc3ccccc3-c3cn4ccccc4[n+]32)c2ccccc21.OB1O[B@@-]2(Oc3ccccc3-c3cn4ccccc4[n+]32)c2ccccc21.OB1O[B@@-]2(Oc3ccccc3-c3cn4ccccc4[n+]32)c2ccccc21. The smallest absolute Gasteiger partial charge is 0.524 e. The van der Waals surface area contributed by atoms with Gasteiger partial charge in [-0.1, -0.05) is 192 Å². The van der Waals surface area contributed by atoms with Crippen LogP contribution in [0.5, 0.6) is 23.0 Å². The Labute approximate surface area is 692 Å². The molecule has 0 amide bonds. The van der Waals surface area contributed by atoms with Gasteiger partial charge in [0.15, 0.2) is 0 Å². The van der Waals surface area contributed by atoms with Crippen LogP contribution < -0.4 is 80.2 Å². The molecule has 0 unspecified atom stereocenters. The first kappa shape index (κ1) is 79.1. The van der Waals surface area contributed by atoms with Gasteiger partial charge in [0.05, 0.1) is 70.0 Å². The van der Waals surface area contributed by atoms with Crippen molar-refractivity contribution < 1.29 is 94.1 Å². The van der Waals surface area contributed by atoms with Crippen LogP contribution in [0.25, 0.3) is 67.6 Å². The van der Waals surface area contributed by atoms with Gasteiger partial charge < -0.3 is 94.1 Å². The molecule has 24 rings (SSSR count). The van der Waals surface area contributed by atoms with Gasteiger partial charge in [0, 0.05) is 24.3 Å². The van der Waals surface area contributed by atoms with Crippen LogP contribution in [0.2, 0.25) is 0 Å². The van der Waals surface area contributed by atoms with E-state index in [4.69, 9.17) is 36.9 Å². The third-order valence-corrected chi connectivity index (χ3v) is 21.6. The summed E-state index contributed by atoms with van der Waals surface area (Å²) in [7, 11) is -4.07. The number of carbonyl (C=O) groups is 4. The number of pyridine rings is 4. The first-order chi connectivity index (χ1) is 58.0. The molecule has 0 radical (unpaired) electrons. The first-order valence-electron chi connectivity index (χ1n) is 39.5. The molecular weight excluding hydrogens is 1510 g/mol. The summed E-state index contributed by atoms with van der Waals surface area (Å²) in [4.78, 5) is 37.8. The second-order valence-corrected chi connectivity index (χ2v) is 30.6. The molecule has 0 bridgehead atoms. The zero-order chi connectivity index (χ0) is 83.5. The van der Waals surface area contributed by atoms with Crippen LogP contribution >= 0.6 is 0 Å². The highest BCUT2D eigenvalue weighted by molar-refractivity contribution is 6.94. The second-order valence-electron chi connectivity index (χ2n) is 30.6. The third-order valence-electron chi connectivity index (χ3n) is 21.6. The number of nitrogens with zero attached hydrogens (tertiary/aromatic N) is 8. The van der Waals surface area contributed by atoms with E-state index in [0.717, 1.165) is 134 Å². The largest absolute Gasteiger partial charge is 0.652 e. The monoisotopic (exact) mass is 1590 g/mol. The van der Waals surface area contributed by atoms with Crippen LogP contribution in [0.15, 0.2) is 316 Å². The van der Waals surface area contributed by atoms with E-state index < -0.39 is 55.2 Å². The predicted molar refractivity (Wildman–Crippen MR) is 464 cm³/mol. The van der Waals surface area contributed by atoms with Crippen molar-refractivity contribution in [3.05, 3.63) is 316 Å². The number of carbonyl (C=O) groups excluding carboxylic acids is 4. The summed E-state index contributed by atoms with van der Waals surface area (Å²) in [5.74, 6) is 3.69. The number of ketones is 4. The average Bonchev–Trinajstić information content (AvgIpc) is 1.56. The highest BCUT2D eigenvalue weighted by Crippen LogP contribution is 2.41. The lowest BCUT2D eigenvalue weighted by atomic mass is 9.61. The van der Waals surface area contributed by atoms with E-state index in [-0.39, 0.29) is 23.1 Å². The number of imidazole rings is 4. The molecular formula is C88H80B8N8O16. The highest BCUT2D eigenvalue weighted by Gasteiger charge is 2.60. The van der Waals surface area contributed by atoms with Gasteiger partial charge in [-0.2, -0.15) is 0 Å². The number of Topliss-reactive ketones (excluding diaryl/α,β-unsaturated/α-hetero) is 4. The van der Waals surface area contributed by atoms with Crippen LogP contribution in [0.1, 0.15) is 55.4 Å². The van der Waals surface area contributed by atoms with Crippen molar-refractivity contribution in [2.45, 2.75) is 55.4 Å². The molecule has 0 fully saturated rings. The molecule has 4 N–H and O–H groups in total. The van der Waals surface area contributed by atoms with E-state index in [1.807, 2.05) is 292 Å². The maximum atomic E-state index is 10.6. The zero-order valence-electron chi connectivity index (χ0n) is 66.9. The number of aromatic nitrogens is 8. The van der Waals surface area contributed by atoms with Crippen molar-refractivity contribution in [2.24, 2.45) is 0 Å². The van der Waals surface area contributed by atoms with Gasteiger partial charge >= 0.3 is 55.2 Å². The molecule has 0 saturated carbocycles. The lowest BCUT2D eigenvalue weighted by Gasteiger charge is -2.40. The molecule has 4 spiro atoms. The minimum Gasteiger partial charge on any atom is -0.652 e. The van der Waals surface area contributed by atoms with Crippen LogP contribution in [-0.2, 0) is 37.5 Å². The van der Waals surface area contributed by atoms with Crippen molar-refractivity contribution in [2.75, 3.05) is 0 Å². The molecule has 24 nitrogen and oxygen atoms in total. The summed E-state index contributed by atoms with van der Waals surface area (Å²) in [5, 5.41) is 42.3. The quantitative estimate of drug-likeness (QED) is 0.143. The molecule has 16 aromatic rings. The topological polar surface area (TPSA) is 256 Å². The Bertz CT molecular complexity index is 5940. The molecule has 4 atom stereocenters. The minimum absolute atomic E-state index is 0.167. The fraction of sp³-hybridized carbons (Fsp3) is 0.0909. The maximum Gasteiger partial charge on any atom is 0.524 e. The number of fused-ring (bicyclic) bond motifs is 32. The van der Waals surface area contributed by atoms with Crippen LogP contribution in [-0.4, -0.2) is 116 Å². The van der Waals surface area contributed by atoms with Gasteiger partial charge in [-0.3, -0.25) is 0 Å². The number of benzene rings is 8. The summed E-state index contributed by atoms with van der Waals surface area (Å²) in [6.07, 6.45) is 16.3. The van der Waals surface area contributed by atoms with E-state index in [1.165, 1.54) is 55.4 Å². The Hall–Kier alpha value is -13.4. The predicted octanol–water partition coefficient (Wildman–Crippen LogP) is 5.17. The van der Waals surface area contributed by atoms with E-state index in [2.05, 4.69) is 60.3 Å². The molecule has 0 saturated heterocycles. The normalized spacial score (nSPS) is 18.2. The summed E-state index contributed by atoms with van der Waals surface area (Å²) >= 11 is 0. The van der Waals surface area contributed by atoms with E-state index in [1.54, 1.807) is 0 Å². The van der Waals surface area contributed by atoms with Gasteiger partial charge in [0.1, 0.15) is 70.7 Å². The molecule has 8 aliphatic rings. The molecule has 120 heavy (non-hydrogen) atoms. The molecule has 592 valence electrons. The molecule has 32 heteroatoms. The summed E-state index contributed by atoms with van der Waals surface area (Å²) < 4.78 is 67.2. The zero-order valence-corrected chi connectivity index (χ0v) is 66.9. The fourth-order valence-electron chi connectivity index (χ4n) is 17.3. The average molecular weight is 1590 g/mol. The number of hydrogen-bond donors (Lipinski definition) is 4. The molecule has 16 heterocycles. The minimum atomic E-state index is -2.10. The standard InChI is InChI=1S/4C19H14B2N2O3.4C3H6O/c4*24-20-15-8-2-3-9-16(15)21(26-20)23-17(13-22-12-6-5-11-19(22)23)14-7-1-4-10-18(14)25-21;4*1-3(2)4/h4*1-13,24H;4*1-2H3/t4*21-;;;;/m1100..../s1. The van der Waals surface area contributed by atoms with Crippen LogP contribution in [0.4, 0.5) is 0 Å². The van der Waals surface area contributed by atoms with Gasteiger partial charge in [0.2, 0.25) is 22.6 Å². The Morgan fingerprint density at radius 3 is 0.642 bits per heavy atom. The fourth-order valence-corrected chi connectivity index (χ4v) is 17.3. The number of rotatable bonds is 0. The Morgan fingerprint density at radius 1 is 0.258 bits per heavy atom. The Balaban J connectivity index is 0.000000107. The lowest BCUT2D eigenvalue weighted by molar-refractivity contribution is -0.530. The summed E-state index contributed by atoms with van der Waals surface area (Å²) in [6, 6.07) is 86.6. The van der Waals surface area contributed by atoms with E-state index in [0.29, 0.717) is 0 Å². The van der Waals surface area contributed by atoms with Gasteiger partial charge in [0.25, 0.3) is 0 Å². The Kier molecular flexibility index (Phi) is 21.0. The summed E-state index contributed by atoms with van der Waals surface area (Å²) in [5.41, 5.74) is 18.3. The van der Waals surface area contributed by atoms with Gasteiger partial charge in [-0.15, -0.1) is 0 Å². The summed E-state index contributed by atoms with van der Waals surface area (Å²) in [6.45, 7) is 3.84. The Morgan fingerprint density at radius 2 is 0.433 bits per heavy atom. The van der Waals surface area contributed by atoms with Gasteiger partial charge in [-0.25, -0.2) is 17.6 Å². The van der Waals surface area contributed by atoms with Crippen molar-refractivity contribution in [3.8, 4) is 68.0 Å². The highest BCUT2D eigenvalue weighted by atomic mass is 16.7. The van der Waals surface area contributed by atoms with Gasteiger partial charge in [-0.05, 0) is 150 Å². The first-order valence-corrected chi connectivity index (χ1v) is 39.5. The molecule has 8 aromatic heterocycles. The molecule has 8 aliphatic heterocycles. The molecule has 8 aromatic carbocycles. The van der Waals surface area contributed by atoms with Crippen molar-refractivity contribution >= 4 is 145 Å². The van der Waals surface area contributed by atoms with Crippen LogP contribution in [0.3, 0.4) is 0 Å². The van der Waals surface area contributed by atoms with E-state index >= 15 is 0 Å².